The lowest BCUT2D eigenvalue weighted by Gasteiger charge is -2.31. The van der Waals surface area contributed by atoms with Gasteiger partial charge in [0.15, 0.2) is 0 Å². The maximum atomic E-state index is 8.36. The Morgan fingerprint density at radius 1 is 1.17 bits per heavy atom. The lowest BCUT2D eigenvalue weighted by atomic mass is 9.75. The average molecular weight is 259 g/mol. The van der Waals surface area contributed by atoms with E-state index in [4.69, 9.17) is 15.6 Å². The van der Waals surface area contributed by atoms with Crippen LogP contribution in [0.2, 0.25) is 0 Å². The number of carbonyl (C=O) groups is 1. The molecule has 0 aliphatic heterocycles. The summed E-state index contributed by atoms with van der Waals surface area (Å²) in [7, 11) is 0. The summed E-state index contributed by atoms with van der Waals surface area (Å²) >= 11 is 0. The standard InChI is InChI=1S/C12H25N.C2H6.CH2O2/c1-9(2)12-6-4-11(5-7-12)8-10(3)13;1-2;2-1-3/h9-12H,4-8,13H2,1-3H3;1-2H3;1H,(H,2,3). The molecule has 0 spiro atoms. The van der Waals surface area contributed by atoms with E-state index in [1.165, 1.54) is 32.1 Å². The van der Waals surface area contributed by atoms with Crippen LogP contribution in [-0.2, 0) is 4.79 Å². The minimum absolute atomic E-state index is 0.250. The third-order valence-electron chi connectivity index (χ3n) is 3.54. The second-order valence-electron chi connectivity index (χ2n) is 5.34. The van der Waals surface area contributed by atoms with Gasteiger partial charge >= 0.3 is 0 Å². The first kappa shape index (κ1) is 19.8. The third kappa shape index (κ3) is 10.6. The van der Waals surface area contributed by atoms with Crippen LogP contribution < -0.4 is 5.73 Å². The highest BCUT2D eigenvalue weighted by atomic mass is 16.3. The van der Waals surface area contributed by atoms with Crippen molar-refractivity contribution >= 4 is 6.47 Å². The molecule has 0 amide bonds. The van der Waals surface area contributed by atoms with Crippen molar-refractivity contribution in [2.24, 2.45) is 23.5 Å². The van der Waals surface area contributed by atoms with Gasteiger partial charge in [-0.2, -0.15) is 0 Å². The maximum absolute atomic E-state index is 8.36. The van der Waals surface area contributed by atoms with Crippen molar-refractivity contribution in [3.05, 3.63) is 0 Å². The summed E-state index contributed by atoms with van der Waals surface area (Å²) in [5, 5.41) is 6.89. The van der Waals surface area contributed by atoms with Gasteiger partial charge in [0.1, 0.15) is 0 Å². The average Bonchev–Trinajstić information content (AvgIpc) is 2.32. The summed E-state index contributed by atoms with van der Waals surface area (Å²) in [6.07, 6.45) is 6.96. The normalized spacial score (nSPS) is 24.2. The van der Waals surface area contributed by atoms with Crippen molar-refractivity contribution < 1.29 is 9.90 Å². The largest absolute Gasteiger partial charge is 0.483 e. The van der Waals surface area contributed by atoms with Crippen LogP contribution in [-0.4, -0.2) is 17.6 Å². The molecule has 1 unspecified atom stereocenters. The van der Waals surface area contributed by atoms with Crippen LogP contribution >= 0.6 is 0 Å². The summed E-state index contributed by atoms with van der Waals surface area (Å²) in [6, 6.07) is 0.403. The van der Waals surface area contributed by atoms with Gasteiger partial charge in [0.25, 0.3) is 6.47 Å². The molecule has 1 aliphatic rings. The Hall–Kier alpha value is -0.570. The molecular formula is C15H33NO2. The summed E-state index contributed by atoms with van der Waals surface area (Å²) in [5.74, 6) is 2.80. The van der Waals surface area contributed by atoms with Gasteiger partial charge in [-0.3, -0.25) is 4.79 Å². The van der Waals surface area contributed by atoms with Crippen LogP contribution in [0.25, 0.3) is 0 Å². The van der Waals surface area contributed by atoms with Gasteiger partial charge in [-0.1, -0.05) is 40.5 Å². The van der Waals surface area contributed by atoms with E-state index in [2.05, 4.69) is 20.8 Å². The molecule has 1 fully saturated rings. The Bertz CT molecular complexity index is 173. The van der Waals surface area contributed by atoms with E-state index in [-0.39, 0.29) is 6.47 Å². The Morgan fingerprint density at radius 3 is 1.83 bits per heavy atom. The molecule has 0 aromatic rings. The van der Waals surface area contributed by atoms with Crippen molar-refractivity contribution in [1.82, 2.24) is 0 Å². The Kier molecular flexibility index (Phi) is 14.1. The monoisotopic (exact) mass is 259 g/mol. The van der Waals surface area contributed by atoms with Crippen LogP contribution in [0.5, 0.6) is 0 Å². The lowest BCUT2D eigenvalue weighted by molar-refractivity contribution is -0.122. The number of carboxylic acid groups (broad SMARTS) is 1. The highest BCUT2D eigenvalue weighted by Crippen LogP contribution is 2.34. The zero-order chi connectivity index (χ0) is 14.6. The molecule has 1 rings (SSSR count). The highest BCUT2D eigenvalue weighted by Gasteiger charge is 2.23. The fourth-order valence-corrected chi connectivity index (χ4v) is 2.62. The van der Waals surface area contributed by atoms with E-state index >= 15 is 0 Å². The maximum Gasteiger partial charge on any atom is 0.290 e. The molecule has 1 saturated carbocycles. The topological polar surface area (TPSA) is 63.3 Å². The Balaban J connectivity index is 0. The predicted molar refractivity (Wildman–Crippen MR) is 78.6 cm³/mol. The molecule has 3 nitrogen and oxygen atoms in total. The van der Waals surface area contributed by atoms with Crippen LogP contribution in [0.4, 0.5) is 0 Å². The molecule has 3 heteroatoms. The smallest absolute Gasteiger partial charge is 0.290 e. The van der Waals surface area contributed by atoms with Crippen LogP contribution in [0.3, 0.4) is 0 Å². The number of rotatable bonds is 3. The van der Waals surface area contributed by atoms with Crippen molar-refractivity contribution in [3.8, 4) is 0 Å². The van der Waals surface area contributed by atoms with Gasteiger partial charge in [-0.25, -0.2) is 0 Å². The first-order valence-corrected chi connectivity index (χ1v) is 7.34. The first-order valence-electron chi connectivity index (χ1n) is 7.34. The van der Waals surface area contributed by atoms with E-state index in [0.717, 1.165) is 17.8 Å². The Labute approximate surface area is 113 Å². The fraction of sp³-hybridized carbons (Fsp3) is 0.933. The van der Waals surface area contributed by atoms with Gasteiger partial charge in [0.2, 0.25) is 0 Å². The zero-order valence-corrected chi connectivity index (χ0v) is 12.9. The molecular weight excluding hydrogens is 226 g/mol. The zero-order valence-electron chi connectivity index (χ0n) is 12.9. The van der Waals surface area contributed by atoms with E-state index < -0.39 is 0 Å². The molecule has 0 bridgehead atoms. The molecule has 0 radical (unpaired) electrons. The fourth-order valence-electron chi connectivity index (χ4n) is 2.62. The summed E-state index contributed by atoms with van der Waals surface area (Å²) in [5.41, 5.74) is 5.82. The van der Waals surface area contributed by atoms with Crippen LogP contribution in [0.1, 0.15) is 66.7 Å². The minimum atomic E-state index is -0.250. The third-order valence-corrected chi connectivity index (χ3v) is 3.54. The predicted octanol–water partition coefficient (Wildman–Crippen LogP) is 3.91. The second kappa shape index (κ2) is 12.9. The lowest BCUT2D eigenvalue weighted by Crippen LogP contribution is -2.24. The summed E-state index contributed by atoms with van der Waals surface area (Å²) in [4.78, 5) is 8.36. The molecule has 0 heterocycles. The first-order chi connectivity index (χ1) is 8.51. The van der Waals surface area contributed by atoms with Gasteiger partial charge in [-0.15, -0.1) is 0 Å². The van der Waals surface area contributed by atoms with Crippen molar-refractivity contribution in [3.63, 3.8) is 0 Å². The number of hydrogen-bond acceptors (Lipinski definition) is 2. The van der Waals surface area contributed by atoms with Crippen molar-refractivity contribution in [2.45, 2.75) is 72.8 Å². The molecule has 1 aliphatic carbocycles. The molecule has 0 aromatic carbocycles. The van der Waals surface area contributed by atoms with E-state index in [1.807, 2.05) is 13.8 Å². The number of nitrogens with two attached hydrogens (primary N) is 1. The van der Waals surface area contributed by atoms with E-state index in [9.17, 15) is 0 Å². The number of hydrogen-bond donors (Lipinski definition) is 2. The molecule has 18 heavy (non-hydrogen) atoms. The summed E-state index contributed by atoms with van der Waals surface area (Å²) < 4.78 is 0. The van der Waals surface area contributed by atoms with Crippen LogP contribution in [0, 0.1) is 17.8 Å². The quantitative estimate of drug-likeness (QED) is 0.755. The van der Waals surface area contributed by atoms with Crippen molar-refractivity contribution in [1.29, 1.82) is 0 Å². The SMILES string of the molecule is CC.CC(N)CC1CCC(C(C)C)CC1.O=CO. The second-order valence-corrected chi connectivity index (χ2v) is 5.34. The summed E-state index contributed by atoms with van der Waals surface area (Å²) in [6.45, 7) is 10.6. The molecule has 3 N–H and O–H groups in total. The van der Waals surface area contributed by atoms with Crippen molar-refractivity contribution in [2.75, 3.05) is 0 Å². The van der Waals surface area contributed by atoms with Gasteiger partial charge in [-0.05, 0) is 43.9 Å². The van der Waals surface area contributed by atoms with E-state index in [1.54, 1.807) is 0 Å². The molecule has 1 atom stereocenters. The molecule has 0 aromatic heterocycles. The van der Waals surface area contributed by atoms with Gasteiger partial charge < -0.3 is 10.8 Å². The van der Waals surface area contributed by atoms with Gasteiger partial charge in [0.05, 0.1) is 0 Å². The van der Waals surface area contributed by atoms with Crippen LogP contribution in [0.15, 0.2) is 0 Å². The molecule has 110 valence electrons. The molecule has 0 saturated heterocycles. The van der Waals surface area contributed by atoms with Gasteiger partial charge in [0, 0.05) is 6.04 Å². The Morgan fingerprint density at radius 2 is 1.56 bits per heavy atom. The van der Waals surface area contributed by atoms with E-state index in [0.29, 0.717) is 6.04 Å². The highest BCUT2D eigenvalue weighted by molar-refractivity contribution is 5.32. The minimum Gasteiger partial charge on any atom is -0.483 e.